The van der Waals surface area contributed by atoms with Crippen LogP contribution in [0.3, 0.4) is 0 Å². The minimum Gasteiger partial charge on any atom is -0.497 e. The molecule has 0 saturated heterocycles. The molecular weight excluding hydrogens is 264 g/mol. The van der Waals surface area contributed by atoms with Gasteiger partial charge in [-0.25, -0.2) is 4.98 Å². The molecule has 1 heterocycles. The summed E-state index contributed by atoms with van der Waals surface area (Å²) in [5.74, 6) is 1.95. The number of methoxy groups -OCH3 is 1. The molecule has 0 aliphatic carbocycles. The summed E-state index contributed by atoms with van der Waals surface area (Å²) in [7, 11) is 1.62. The van der Waals surface area contributed by atoms with Crippen LogP contribution in [0.5, 0.6) is 17.4 Å². The average molecular weight is 280 g/mol. The molecule has 4 heteroatoms. The minimum absolute atomic E-state index is 0.442. The van der Waals surface area contributed by atoms with E-state index in [2.05, 4.69) is 4.98 Å². The zero-order valence-corrected chi connectivity index (χ0v) is 11.7. The minimum atomic E-state index is 0.442. The maximum Gasteiger partial charge on any atom is 0.220 e. The van der Waals surface area contributed by atoms with Gasteiger partial charge in [0.25, 0.3) is 0 Å². The van der Waals surface area contributed by atoms with Gasteiger partial charge < -0.3 is 15.2 Å². The first kappa shape index (κ1) is 13.4. The zero-order valence-electron chi connectivity index (χ0n) is 11.7. The Morgan fingerprint density at radius 2 is 1.81 bits per heavy atom. The van der Waals surface area contributed by atoms with Crippen molar-refractivity contribution in [2.45, 2.75) is 6.54 Å². The van der Waals surface area contributed by atoms with E-state index in [1.165, 1.54) is 0 Å². The summed E-state index contributed by atoms with van der Waals surface area (Å²) in [6, 6.07) is 17.2. The van der Waals surface area contributed by atoms with Crippen molar-refractivity contribution >= 4 is 10.9 Å². The maximum absolute atomic E-state index is 5.82. The molecule has 0 aliphatic rings. The molecule has 0 saturated carbocycles. The maximum atomic E-state index is 5.82. The molecular formula is C17H16N2O2. The number of fused-ring (bicyclic) bond motifs is 1. The van der Waals surface area contributed by atoms with Gasteiger partial charge in [-0.3, -0.25) is 0 Å². The quantitative estimate of drug-likeness (QED) is 0.794. The van der Waals surface area contributed by atoms with E-state index in [9.17, 15) is 0 Å². The van der Waals surface area contributed by atoms with Gasteiger partial charge >= 0.3 is 0 Å². The summed E-state index contributed by atoms with van der Waals surface area (Å²) in [6.45, 7) is 0.442. The van der Waals surface area contributed by atoms with Gasteiger partial charge in [0.05, 0.1) is 12.6 Å². The molecule has 0 aliphatic heterocycles. The summed E-state index contributed by atoms with van der Waals surface area (Å²) in [4.78, 5) is 4.52. The molecule has 0 bridgehead atoms. The highest BCUT2D eigenvalue weighted by Gasteiger charge is 2.06. The highest BCUT2D eigenvalue weighted by molar-refractivity contribution is 5.82. The fourth-order valence-corrected chi connectivity index (χ4v) is 2.23. The lowest BCUT2D eigenvalue weighted by atomic mass is 10.1. The van der Waals surface area contributed by atoms with E-state index < -0.39 is 0 Å². The molecule has 0 amide bonds. The Labute approximate surface area is 123 Å². The van der Waals surface area contributed by atoms with Gasteiger partial charge in [0.15, 0.2) is 0 Å². The molecule has 106 valence electrons. The Morgan fingerprint density at radius 3 is 2.62 bits per heavy atom. The van der Waals surface area contributed by atoms with E-state index >= 15 is 0 Å². The van der Waals surface area contributed by atoms with E-state index in [1.54, 1.807) is 7.11 Å². The third kappa shape index (κ3) is 2.80. The van der Waals surface area contributed by atoms with E-state index in [1.807, 2.05) is 54.6 Å². The third-order valence-electron chi connectivity index (χ3n) is 3.26. The number of hydrogen-bond donors (Lipinski definition) is 1. The van der Waals surface area contributed by atoms with Crippen LogP contribution in [-0.4, -0.2) is 12.1 Å². The van der Waals surface area contributed by atoms with Gasteiger partial charge in [-0.2, -0.15) is 0 Å². The fraction of sp³-hybridized carbons (Fsp3) is 0.118. The largest absolute Gasteiger partial charge is 0.497 e. The van der Waals surface area contributed by atoms with Crippen molar-refractivity contribution in [1.82, 2.24) is 4.98 Å². The lowest BCUT2D eigenvalue weighted by molar-refractivity contribution is 0.407. The first-order valence-electron chi connectivity index (χ1n) is 6.71. The Morgan fingerprint density at radius 1 is 1.00 bits per heavy atom. The van der Waals surface area contributed by atoms with Crippen LogP contribution in [0, 0.1) is 0 Å². The van der Waals surface area contributed by atoms with Crippen molar-refractivity contribution in [3.8, 4) is 17.4 Å². The summed E-state index contributed by atoms with van der Waals surface area (Å²) >= 11 is 0. The molecule has 4 nitrogen and oxygen atoms in total. The summed E-state index contributed by atoms with van der Waals surface area (Å²) < 4.78 is 11.0. The second-order valence-corrected chi connectivity index (χ2v) is 4.62. The fourth-order valence-electron chi connectivity index (χ4n) is 2.23. The summed E-state index contributed by atoms with van der Waals surface area (Å²) in [5, 5.41) is 1.05. The van der Waals surface area contributed by atoms with Gasteiger partial charge in [0.2, 0.25) is 5.88 Å². The van der Waals surface area contributed by atoms with Gasteiger partial charge in [0, 0.05) is 24.1 Å². The lowest BCUT2D eigenvalue weighted by Gasteiger charge is -2.10. The third-order valence-corrected chi connectivity index (χ3v) is 3.26. The Kier molecular flexibility index (Phi) is 3.71. The highest BCUT2D eigenvalue weighted by atomic mass is 16.5. The van der Waals surface area contributed by atoms with Crippen LogP contribution in [0.15, 0.2) is 54.6 Å². The predicted octanol–water partition coefficient (Wildman–Crippen LogP) is 3.49. The van der Waals surface area contributed by atoms with Gasteiger partial charge in [-0.15, -0.1) is 0 Å². The lowest BCUT2D eigenvalue weighted by Crippen LogP contribution is -2.00. The van der Waals surface area contributed by atoms with Crippen LogP contribution >= 0.6 is 0 Å². The Hall–Kier alpha value is -2.59. The number of ether oxygens (including phenoxy) is 2. The van der Waals surface area contributed by atoms with E-state index in [-0.39, 0.29) is 0 Å². The summed E-state index contributed by atoms with van der Waals surface area (Å²) in [6.07, 6.45) is 0. The Bertz CT molecular complexity index is 772. The number of nitrogens with zero attached hydrogens (tertiary/aromatic N) is 1. The van der Waals surface area contributed by atoms with Crippen molar-refractivity contribution in [2.24, 2.45) is 5.73 Å². The number of benzene rings is 2. The number of pyridine rings is 1. The van der Waals surface area contributed by atoms with Crippen molar-refractivity contribution < 1.29 is 9.47 Å². The molecule has 0 spiro atoms. The zero-order chi connectivity index (χ0) is 14.7. The van der Waals surface area contributed by atoms with Crippen LogP contribution in [0.4, 0.5) is 0 Å². The standard InChI is InChI=1S/C17H16N2O2/c1-20-13-5-4-6-14(10-13)21-17-9-12(11-18)15-7-2-3-8-16(15)19-17/h2-10H,11,18H2,1H3. The second-order valence-electron chi connectivity index (χ2n) is 4.62. The first-order valence-corrected chi connectivity index (χ1v) is 6.71. The predicted molar refractivity (Wildman–Crippen MR) is 82.7 cm³/mol. The molecule has 0 fully saturated rings. The average Bonchev–Trinajstić information content (AvgIpc) is 2.54. The molecule has 21 heavy (non-hydrogen) atoms. The highest BCUT2D eigenvalue weighted by Crippen LogP contribution is 2.27. The van der Waals surface area contributed by atoms with Crippen LogP contribution in [-0.2, 0) is 6.54 Å². The first-order chi connectivity index (χ1) is 10.3. The van der Waals surface area contributed by atoms with Crippen LogP contribution < -0.4 is 15.2 Å². The molecule has 2 aromatic carbocycles. The number of rotatable bonds is 4. The van der Waals surface area contributed by atoms with Crippen LogP contribution in [0.2, 0.25) is 0 Å². The van der Waals surface area contributed by atoms with Crippen LogP contribution in [0.1, 0.15) is 5.56 Å². The topological polar surface area (TPSA) is 57.4 Å². The molecule has 2 N–H and O–H groups in total. The number of aromatic nitrogens is 1. The van der Waals surface area contributed by atoms with Gasteiger partial charge in [-0.1, -0.05) is 24.3 Å². The smallest absolute Gasteiger partial charge is 0.220 e. The van der Waals surface area contributed by atoms with Crippen molar-refractivity contribution in [3.63, 3.8) is 0 Å². The molecule has 3 rings (SSSR count). The number of nitrogens with two attached hydrogens (primary N) is 1. The van der Waals surface area contributed by atoms with E-state index in [0.717, 1.165) is 22.2 Å². The van der Waals surface area contributed by atoms with Crippen molar-refractivity contribution in [2.75, 3.05) is 7.11 Å². The number of hydrogen-bond acceptors (Lipinski definition) is 4. The Balaban J connectivity index is 2.00. The molecule has 1 aromatic heterocycles. The van der Waals surface area contributed by atoms with E-state index in [4.69, 9.17) is 15.2 Å². The normalized spacial score (nSPS) is 10.6. The molecule has 0 radical (unpaired) electrons. The second kappa shape index (κ2) is 5.81. The monoisotopic (exact) mass is 280 g/mol. The number of para-hydroxylation sites is 1. The van der Waals surface area contributed by atoms with E-state index in [0.29, 0.717) is 18.2 Å². The van der Waals surface area contributed by atoms with Crippen molar-refractivity contribution in [3.05, 3.63) is 60.2 Å². The van der Waals surface area contributed by atoms with Crippen molar-refractivity contribution in [1.29, 1.82) is 0 Å². The molecule has 3 aromatic rings. The molecule has 0 unspecified atom stereocenters. The summed E-state index contributed by atoms with van der Waals surface area (Å²) in [5.41, 5.74) is 7.71. The molecule has 0 atom stereocenters. The van der Waals surface area contributed by atoms with Crippen LogP contribution in [0.25, 0.3) is 10.9 Å². The van der Waals surface area contributed by atoms with Gasteiger partial charge in [-0.05, 0) is 23.8 Å². The SMILES string of the molecule is COc1cccc(Oc2cc(CN)c3ccccc3n2)c1. The van der Waals surface area contributed by atoms with Gasteiger partial charge in [0.1, 0.15) is 11.5 Å².